The molecule has 5 nitrogen and oxygen atoms in total. The topological polar surface area (TPSA) is 43.8 Å². The Balaban J connectivity index is 1.18. The molecule has 3 heterocycles. The van der Waals surface area contributed by atoms with Gasteiger partial charge in [0.1, 0.15) is 24.7 Å². The summed E-state index contributed by atoms with van der Waals surface area (Å²) in [6, 6.07) is 26.8. The minimum absolute atomic E-state index is 0.129. The van der Waals surface area contributed by atoms with Crippen LogP contribution in [0.1, 0.15) is 42.5 Å². The number of piperidine rings is 1. The maximum absolute atomic E-state index is 6.35. The lowest BCUT2D eigenvalue weighted by Crippen LogP contribution is -2.44. The molecule has 1 aromatic heterocycles. The highest BCUT2D eigenvalue weighted by Gasteiger charge is 2.38. The monoisotopic (exact) mass is 494 g/mol. The number of aromatic nitrogens is 1. The van der Waals surface area contributed by atoms with Crippen LogP contribution in [0.15, 0.2) is 78.9 Å². The third-order valence-electron chi connectivity index (χ3n) is 7.82. The average molecular weight is 495 g/mol. The molecule has 0 saturated carbocycles. The zero-order valence-electron chi connectivity index (χ0n) is 21.5. The fourth-order valence-corrected chi connectivity index (χ4v) is 5.63. The fourth-order valence-electron chi connectivity index (χ4n) is 5.63. The second kappa shape index (κ2) is 10.4. The molecule has 0 unspecified atom stereocenters. The maximum Gasteiger partial charge on any atom is 0.134 e. The number of para-hydroxylation sites is 1. The van der Waals surface area contributed by atoms with Crippen LogP contribution in [0, 0.1) is 6.92 Å². The van der Waals surface area contributed by atoms with Gasteiger partial charge in [0.05, 0.1) is 16.8 Å². The number of benzene rings is 3. The predicted molar refractivity (Wildman–Crippen MR) is 147 cm³/mol. The summed E-state index contributed by atoms with van der Waals surface area (Å²) in [7, 11) is 0. The van der Waals surface area contributed by atoms with E-state index in [1.807, 2.05) is 42.5 Å². The SMILES string of the molecule is Cc1c(COc2cccc(N3CCC4(CCCO4)CC3)c2)nc2ccccc2c1OCc1ccccc1. The molecule has 0 bridgehead atoms. The summed E-state index contributed by atoms with van der Waals surface area (Å²) in [5, 5.41) is 1.02. The molecule has 0 aliphatic carbocycles. The molecule has 0 atom stereocenters. The lowest BCUT2D eigenvalue weighted by atomic mass is 9.88. The van der Waals surface area contributed by atoms with Gasteiger partial charge >= 0.3 is 0 Å². The molecule has 0 radical (unpaired) electrons. The van der Waals surface area contributed by atoms with Crippen molar-refractivity contribution in [3.05, 3.63) is 95.7 Å². The van der Waals surface area contributed by atoms with Crippen molar-refractivity contribution in [2.24, 2.45) is 0 Å². The Morgan fingerprint density at radius 1 is 0.865 bits per heavy atom. The van der Waals surface area contributed by atoms with E-state index in [0.717, 1.165) is 71.8 Å². The summed E-state index contributed by atoms with van der Waals surface area (Å²) in [4.78, 5) is 7.38. The van der Waals surface area contributed by atoms with Gasteiger partial charge in [0.25, 0.3) is 0 Å². The molecule has 2 aliphatic heterocycles. The van der Waals surface area contributed by atoms with Crippen molar-refractivity contribution in [2.75, 3.05) is 24.6 Å². The molecule has 2 fully saturated rings. The highest BCUT2D eigenvalue weighted by atomic mass is 16.5. The molecule has 2 aliphatic rings. The summed E-state index contributed by atoms with van der Waals surface area (Å²) in [6.07, 6.45) is 4.61. The lowest BCUT2D eigenvalue weighted by molar-refractivity contribution is -0.0146. The molecule has 4 aromatic rings. The van der Waals surface area contributed by atoms with E-state index in [1.165, 1.54) is 18.5 Å². The van der Waals surface area contributed by atoms with E-state index in [9.17, 15) is 0 Å². The van der Waals surface area contributed by atoms with Crippen molar-refractivity contribution in [2.45, 2.75) is 51.4 Å². The van der Waals surface area contributed by atoms with Gasteiger partial charge in [-0.25, -0.2) is 4.98 Å². The summed E-state index contributed by atoms with van der Waals surface area (Å²) < 4.78 is 18.8. The molecule has 190 valence electrons. The van der Waals surface area contributed by atoms with Crippen LogP contribution in [-0.2, 0) is 18.0 Å². The van der Waals surface area contributed by atoms with Gasteiger partial charge in [-0.05, 0) is 62.4 Å². The standard InChI is InChI=1S/C32H34N2O3/c1-24-30(33-29-14-6-5-13-28(29)31(24)36-22-25-9-3-2-4-10-25)23-35-27-12-7-11-26(21-27)34-18-16-32(17-19-34)15-8-20-37-32/h2-7,9-14,21H,8,15-20,22-23H2,1H3. The molecule has 1 spiro atoms. The number of rotatable bonds is 7. The van der Waals surface area contributed by atoms with Gasteiger partial charge in [0.2, 0.25) is 0 Å². The molecular formula is C32H34N2O3. The van der Waals surface area contributed by atoms with E-state index >= 15 is 0 Å². The van der Waals surface area contributed by atoms with Crippen LogP contribution in [0.4, 0.5) is 5.69 Å². The van der Waals surface area contributed by atoms with Crippen molar-refractivity contribution in [3.63, 3.8) is 0 Å². The first-order valence-corrected chi connectivity index (χ1v) is 13.4. The summed E-state index contributed by atoms with van der Waals surface area (Å²) in [6.45, 7) is 5.95. The first-order chi connectivity index (χ1) is 18.2. The maximum atomic E-state index is 6.35. The molecule has 37 heavy (non-hydrogen) atoms. The van der Waals surface area contributed by atoms with E-state index in [0.29, 0.717) is 13.2 Å². The minimum atomic E-state index is 0.129. The Morgan fingerprint density at radius 2 is 1.68 bits per heavy atom. The molecule has 6 rings (SSSR count). The molecular weight excluding hydrogens is 460 g/mol. The van der Waals surface area contributed by atoms with E-state index < -0.39 is 0 Å². The minimum Gasteiger partial charge on any atom is -0.488 e. The largest absolute Gasteiger partial charge is 0.488 e. The first kappa shape index (κ1) is 23.8. The zero-order chi connectivity index (χ0) is 25.1. The number of hydrogen-bond donors (Lipinski definition) is 0. The number of ether oxygens (including phenoxy) is 3. The highest BCUT2D eigenvalue weighted by molar-refractivity contribution is 5.86. The fraction of sp³-hybridized carbons (Fsp3) is 0.344. The van der Waals surface area contributed by atoms with Gasteiger partial charge in [0.15, 0.2) is 0 Å². The Bertz CT molecular complexity index is 1360. The quantitative estimate of drug-likeness (QED) is 0.281. The Kier molecular flexibility index (Phi) is 6.71. The number of pyridine rings is 1. The van der Waals surface area contributed by atoms with Gasteiger partial charge in [0, 0.05) is 42.4 Å². The van der Waals surface area contributed by atoms with Gasteiger partial charge in [-0.3, -0.25) is 0 Å². The van der Waals surface area contributed by atoms with Crippen molar-refractivity contribution in [1.29, 1.82) is 0 Å². The van der Waals surface area contributed by atoms with Gasteiger partial charge < -0.3 is 19.1 Å². The number of hydrogen-bond acceptors (Lipinski definition) is 5. The Labute approximate surface area is 219 Å². The Morgan fingerprint density at radius 3 is 2.49 bits per heavy atom. The van der Waals surface area contributed by atoms with Gasteiger partial charge in [-0.1, -0.05) is 48.5 Å². The van der Waals surface area contributed by atoms with E-state index in [1.54, 1.807) is 0 Å². The molecule has 0 amide bonds. The Hall–Kier alpha value is -3.57. The summed E-state index contributed by atoms with van der Waals surface area (Å²) in [5.41, 5.74) is 5.31. The molecule has 0 N–H and O–H groups in total. The predicted octanol–water partition coefficient (Wildman–Crippen LogP) is 6.85. The normalized spacial score (nSPS) is 16.8. The smallest absolute Gasteiger partial charge is 0.134 e. The van der Waals surface area contributed by atoms with Crippen LogP contribution in [0.2, 0.25) is 0 Å². The second-order valence-electron chi connectivity index (χ2n) is 10.2. The second-order valence-corrected chi connectivity index (χ2v) is 10.2. The first-order valence-electron chi connectivity index (χ1n) is 13.4. The van der Waals surface area contributed by atoms with Crippen molar-refractivity contribution in [3.8, 4) is 11.5 Å². The number of anilines is 1. The van der Waals surface area contributed by atoms with Crippen molar-refractivity contribution >= 4 is 16.6 Å². The van der Waals surface area contributed by atoms with Gasteiger partial charge in [-0.15, -0.1) is 0 Å². The molecule has 3 aromatic carbocycles. The van der Waals surface area contributed by atoms with E-state index in [-0.39, 0.29) is 5.60 Å². The average Bonchev–Trinajstić information content (AvgIpc) is 3.40. The van der Waals surface area contributed by atoms with Crippen LogP contribution in [0.3, 0.4) is 0 Å². The third-order valence-corrected chi connectivity index (χ3v) is 7.82. The number of fused-ring (bicyclic) bond motifs is 1. The highest BCUT2D eigenvalue weighted by Crippen LogP contribution is 2.37. The zero-order valence-corrected chi connectivity index (χ0v) is 21.5. The molecule has 2 saturated heterocycles. The summed E-state index contributed by atoms with van der Waals surface area (Å²) in [5.74, 6) is 1.73. The van der Waals surface area contributed by atoms with Crippen molar-refractivity contribution < 1.29 is 14.2 Å². The van der Waals surface area contributed by atoms with Crippen LogP contribution in [-0.4, -0.2) is 30.3 Å². The van der Waals surface area contributed by atoms with Crippen LogP contribution >= 0.6 is 0 Å². The van der Waals surface area contributed by atoms with E-state index in [2.05, 4.69) is 48.2 Å². The molecule has 5 heteroatoms. The van der Waals surface area contributed by atoms with Crippen molar-refractivity contribution in [1.82, 2.24) is 4.98 Å². The lowest BCUT2D eigenvalue weighted by Gasteiger charge is -2.39. The van der Waals surface area contributed by atoms with Crippen LogP contribution in [0.5, 0.6) is 11.5 Å². The van der Waals surface area contributed by atoms with Gasteiger partial charge in [-0.2, -0.15) is 0 Å². The van der Waals surface area contributed by atoms with E-state index in [4.69, 9.17) is 19.2 Å². The summed E-state index contributed by atoms with van der Waals surface area (Å²) >= 11 is 0. The van der Waals surface area contributed by atoms with Crippen LogP contribution in [0.25, 0.3) is 10.9 Å². The number of nitrogens with zero attached hydrogens (tertiary/aromatic N) is 2. The third kappa shape index (κ3) is 5.14. The van der Waals surface area contributed by atoms with Crippen LogP contribution < -0.4 is 14.4 Å².